The minimum atomic E-state index is -0.0887. The standard InChI is InChI=1S/C20H31N3O2/c1-15-7-11-23(12-8-15)14-20(9-3-2-4-10-20)21-19(24)17-13-18(25-22-17)16-5-6-16/h13,15-16H,2-12,14H2,1H3,(H,21,24). The van der Waals surface area contributed by atoms with Crippen molar-refractivity contribution in [3.8, 4) is 0 Å². The molecule has 1 aromatic rings. The summed E-state index contributed by atoms with van der Waals surface area (Å²) in [7, 11) is 0. The summed E-state index contributed by atoms with van der Waals surface area (Å²) in [6, 6.07) is 1.85. The molecule has 4 rings (SSSR count). The van der Waals surface area contributed by atoms with Crippen molar-refractivity contribution in [1.29, 1.82) is 0 Å². The Kier molecular flexibility index (Phi) is 4.85. The highest BCUT2D eigenvalue weighted by Gasteiger charge is 2.37. The molecule has 3 aliphatic rings. The monoisotopic (exact) mass is 345 g/mol. The van der Waals surface area contributed by atoms with Gasteiger partial charge in [0.25, 0.3) is 5.91 Å². The van der Waals surface area contributed by atoms with E-state index in [1.54, 1.807) is 0 Å². The van der Waals surface area contributed by atoms with Crippen molar-refractivity contribution in [2.75, 3.05) is 19.6 Å². The predicted molar refractivity (Wildman–Crippen MR) is 96.6 cm³/mol. The van der Waals surface area contributed by atoms with Crippen LogP contribution in [0.5, 0.6) is 0 Å². The van der Waals surface area contributed by atoms with Crippen molar-refractivity contribution < 1.29 is 9.32 Å². The van der Waals surface area contributed by atoms with Gasteiger partial charge in [0.1, 0.15) is 5.76 Å². The largest absolute Gasteiger partial charge is 0.360 e. The second-order valence-electron chi connectivity index (χ2n) is 8.64. The molecule has 1 saturated heterocycles. The third-order valence-corrected chi connectivity index (χ3v) is 6.33. The van der Waals surface area contributed by atoms with Gasteiger partial charge in [-0.2, -0.15) is 0 Å². The third-order valence-electron chi connectivity index (χ3n) is 6.33. The number of aromatic nitrogens is 1. The molecule has 0 unspecified atom stereocenters. The van der Waals surface area contributed by atoms with Crippen LogP contribution in [0.1, 0.15) is 86.9 Å². The van der Waals surface area contributed by atoms with Crippen LogP contribution in [0.25, 0.3) is 0 Å². The zero-order valence-corrected chi connectivity index (χ0v) is 15.4. The van der Waals surface area contributed by atoms with E-state index in [-0.39, 0.29) is 11.4 Å². The molecule has 1 aromatic heterocycles. The second kappa shape index (κ2) is 7.10. The Bertz CT molecular complexity index is 594. The van der Waals surface area contributed by atoms with E-state index in [0.29, 0.717) is 11.6 Å². The number of nitrogens with one attached hydrogen (secondary N) is 1. The van der Waals surface area contributed by atoms with E-state index in [1.807, 2.05) is 6.07 Å². The molecule has 1 aliphatic heterocycles. The van der Waals surface area contributed by atoms with E-state index in [0.717, 1.165) is 57.0 Å². The highest BCUT2D eigenvalue weighted by Crippen LogP contribution is 2.40. The van der Waals surface area contributed by atoms with Gasteiger partial charge >= 0.3 is 0 Å². The van der Waals surface area contributed by atoms with Crippen molar-refractivity contribution in [3.05, 3.63) is 17.5 Å². The predicted octanol–water partition coefficient (Wildman–Crippen LogP) is 3.72. The molecule has 138 valence electrons. The average molecular weight is 345 g/mol. The lowest BCUT2D eigenvalue weighted by Crippen LogP contribution is -2.57. The van der Waals surface area contributed by atoms with Crippen molar-refractivity contribution in [3.63, 3.8) is 0 Å². The van der Waals surface area contributed by atoms with Gasteiger partial charge < -0.3 is 14.7 Å². The quantitative estimate of drug-likeness (QED) is 0.884. The van der Waals surface area contributed by atoms with Crippen LogP contribution in [0.2, 0.25) is 0 Å². The summed E-state index contributed by atoms with van der Waals surface area (Å²) in [6.07, 6.45) is 10.7. The van der Waals surface area contributed by atoms with Crippen LogP contribution in [0, 0.1) is 5.92 Å². The van der Waals surface area contributed by atoms with Crippen molar-refractivity contribution in [2.24, 2.45) is 5.92 Å². The topological polar surface area (TPSA) is 58.4 Å². The SMILES string of the molecule is CC1CCN(CC2(NC(=O)c3cc(C4CC4)on3)CCCCC2)CC1. The first-order valence-corrected chi connectivity index (χ1v) is 10.2. The Morgan fingerprint density at radius 1 is 1.24 bits per heavy atom. The molecular weight excluding hydrogens is 314 g/mol. The summed E-state index contributed by atoms with van der Waals surface area (Å²) >= 11 is 0. The van der Waals surface area contributed by atoms with E-state index in [4.69, 9.17) is 4.52 Å². The molecule has 3 fully saturated rings. The van der Waals surface area contributed by atoms with Gasteiger partial charge in [-0.3, -0.25) is 4.79 Å². The summed E-state index contributed by atoms with van der Waals surface area (Å²) in [6.45, 7) is 5.65. The Morgan fingerprint density at radius 2 is 1.96 bits per heavy atom. The Balaban J connectivity index is 1.43. The molecule has 2 aliphatic carbocycles. The van der Waals surface area contributed by atoms with Gasteiger partial charge in [0, 0.05) is 18.5 Å². The molecule has 1 amide bonds. The first kappa shape index (κ1) is 17.1. The molecule has 0 aromatic carbocycles. The number of carbonyl (C=O) groups is 1. The van der Waals surface area contributed by atoms with Crippen LogP contribution in [-0.2, 0) is 0 Å². The van der Waals surface area contributed by atoms with Gasteiger partial charge in [-0.1, -0.05) is 31.3 Å². The van der Waals surface area contributed by atoms with Gasteiger partial charge in [-0.15, -0.1) is 0 Å². The number of hydrogen-bond acceptors (Lipinski definition) is 4. The lowest BCUT2D eigenvalue weighted by atomic mass is 9.80. The number of likely N-dealkylation sites (tertiary alicyclic amines) is 1. The first-order chi connectivity index (χ1) is 12.1. The highest BCUT2D eigenvalue weighted by atomic mass is 16.5. The summed E-state index contributed by atoms with van der Waals surface area (Å²) in [4.78, 5) is 15.4. The zero-order chi connectivity index (χ0) is 17.3. The van der Waals surface area contributed by atoms with Gasteiger partial charge in [-0.25, -0.2) is 0 Å². The maximum Gasteiger partial charge on any atom is 0.273 e. The average Bonchev–Trinajstić information content (AvgIpc) is 3.34. The molecule has 0 radical (unpaired) electrons. The number of nitrogens with zero attached hydrogens (tertiary/aromatic N) is 2. The number of piperidine rings is 1. The van der Waals surface area contributed by atoms with Crippen molar-refractivity contribution >= 4 is 5.91 Å². The van der Waals surface area contributed by atoms with Gasteiger partial charge in [0.05, 0.1) is 5.54 Å². The molecule has 5 nitrogen and oxygen atoms in total. The number of hydrogen-bond donors (Lipinski definition) is 1. The van der Waals surface area contributed by atoms with Crippen LogP contribution in [0.3, 0.4) is 0 Å². The molecular formula is C20H31N3O2. The van der Waals surface area contributed by atoms with Gasteiger partial charge in [-0.05, 0) is 57.5 Å². The van der Waals surface area contributed by atoms with Crippen molar-refractivity contribution in [1.82, 2.24) is 15.4 Å². The number of amides is 1. The second-order valence-corrected chi connectivity index (χ2v) is 8.64. The summed E-state index contributed by atoms with van der Waals surface area (Å²) in [5, 5.41) is 7.41. The zero-order valence-electron chi connectivity index (χ0n) is 15.4. The van der Waals surface area contributed by atoms with Crippen LogP contribution in [0.15, 0.2) is 10.6 Å². The van der Waals surface area contributed by atoms with E-state index < -0.39 is 0 Å². The van der Waals surface area contributed by atoms with E-state index in [2.05, 4.69) is 22.3 Å². The molecule has 5 heteroatoms. The van der Waals surface area contributed by atoms with E-state index >= 15 is 0 Å². The Labute approximate surface area is 150 Å². The fraction of sp³-hybridized carbons (Fsp3) is 0.800. The number of rotatable bonds is 5. The Morgan fingerprint density at radius 3 is 2.64 bits per heavy atom. The molecule has 25 heavy (non-hydrogen) atoms. The fourth-order valence-corrected chi connectivity index (χ4v) is 4.46. The van der Waals surface area contributed by atoms with Gasteiger partial charge in [0.2, 0.25) is 0 Å². The van der Waals surface area contributed by atoms with Gasteiger partial charge in [0.15, 0.2) is 5.69 Å². The number of carbonyl (C=O) groups excluding carboxylic acids is 1. The maximum absolute atomic E-state index is 12.8. The molecule has 0 spiro atoms. The van der Waals surface area contributed by atoms with Crippen LogP contribution in [0.4, 0.5) is 0 Å². The van der Waals surface area contributed by atoms with Crippen LogP contribution < -0.4 is 5.32 Å². The smallest absolute Gasteiger partial charge is 0.273 e. The fourth-order valence-electron chi connectivity index (χ4n) is 4.46. The van der Waals surface area contributed by atoms with E-state index in [1.165, 1.54) is 32.1 Å². The molecule has 0 bridgehead atoms. The summed E-state index contributed by atoms with van der Waals surface area (Å²) in [5.41, 5.74) is 0.369. The lowest BCUT2D eigenvalue weighted by molar-refractivity contribution is 0.0752. The molecule has 2 heterocycles. The normalized spacial score (nSPS) is 25.0. The summed E-state index contributed by atoms with van der Waals surface area (Å²) in [5.74, 6) is 2.16. The molecule has 0 atom stereocenters. The highest BCUT2D eigenvalue weighted by molar-refractivity contribution is 5.92. The van der Waals surface area contributed by atoms with E-state index in [9.17, 15) is 4.79 Å². The maximum atomic E-state index is 12.8. The molecule has 1 N–H and O–H groups in total. The molecule has 2 saturated carbocycles. The minimum absolute atomic E-state index is 0.0528. The first-order valence-electron chi connectivity index (χ1n) is 10.2. The summed E-state index contributed by atoms with van der Waals surface area (Å²) < 4.78 is 5.37. The lowest BCUT2D eigenvalue weighted by Gasteiger charge is -2.43. The third kappa shape index (κ3) is 4.08. The van der Waals surface area contributed by atoms with Crippen LogP contribution >= 0.6 is 0 Å². The van der Waals surface area contributed by atoms with Crippen LogP contribution in [-0.4, -0.2) is 41.1 Å². The van der Waals surface area contributed by atoms with Crippen molar-refractivity contribution in [2.45, 2.75) is 76.2 Å². The minimum Gasteiger partial charge on any atom is -0.360 e. The Hall–Kier alpha value is -1.36.